The Bertz CT molecular complexity index is 891. The molecule has 0 spiro atoms. The van der Waals surface area contributed by atoms with Crippen LogP contribution < -0.4 is 0 Å². The molecule has 4 aliphatic carbocycles. The van der Waals surface area contributed by atoms with Crippen LogP contribution in [0.1, 0.15) is 58.3 Å². The van der Waals surface area contributed by atoms with Crippen molar-refractivity contribution in [3.05, 3.63) is 41.5 Å². The van der Waals surface area contributed by atoms with E-state index in [0.29, 0.717) is 35.7 Å². The van der Waals surface area contributed by atoms with Crippen molar-refractivity contribution >= 4 is 23.3 Å². The first kappa shape index (κ1) is 20.5. The van der Waals surface area contributed by atoms with Gasteiger partial charge >= 0.3 is 0 Å². The van der Waals surface area contributed by atoms with Gasteiger partial charge in [0.1, 0.15) is 5.78 Å². The van der Waals surface area contributed by atoms with Gasteiger partial charge in [-0.2, -0.15) is 0 Å². The number of aliphatic hydroxyl groups excluding tert-OH is 1. The summed E-state index contributed by atoms with van der Waals surface area (Å²) in [6.07, 6.45) is 7.05. The van der Waals surface area contributed by atoms with Crippen molar-refractivity contribution in [3.8, 4) is 0 Å². The monoisotopic (exact) mass is 424 g/mol. The summed E-state index contributed by atoms with van der Waals surface area (Å²) in [6.45, 7) is 2.35. The molecular weight excluding hydrogens is 392 g/mol. The van der Waals surface area contributed by atoms with Gasteiger partial charge in [-0.25, -0.2) is 0 Å². The van der Waals surface area contributed by atoms with E-state index in [4.69, 9.17) is 0 Å². The van der Waals surface area contributed by atoms with Crippen molar-refractivity contribution in [2.45, 2.75) is 63.2 Å². The highest BCUT2D eigenvalue weighted by Gasteiger charge is 2.60. The topological polar surface area (TPSA) is 54.4 Å². The molecule has 0 unspecified atom stereocenters. The summed E-state index contributed by atoms with van der Waals surface area (Å²) in [5.41, 5.74) is 1.86. The fourth-order valence-corrected chi connectivity index (χ4v) is 8.50. The summed E-state index contributed by atoms with van der Waals surface area (Å²) in [5, 5.41) is 10.7. The third-order valence-electron chi connectivity index (χ3n) is 9.09. The van der Waals surface area contributed by atoms with Crippen LogP contribution in [0.3, 0.4) is 0 Å². The summed E-state index contributed by atoms with van der Waals surface area (Å²) in [4.78, 5) is 26.8. The molecule has 5 atom stereocenters. The second-order valence-electron chi connectivity index (χ2n) is 10.1. The Morgan fingerprint density at radius 3 is 2.57 bits per heavy atom. The van der Waals surface area contributed by atoms with Crippen molar-refractivity contribution in [2.75, 3.05) is 12.4 Å². The average molecular weight is 425 g/mol. The number of aliphatic hydroxyl groups is 1. The molecule has 160 valence electrons. The summed E-state index contributed by atoms with van der Waals surface area (Å²) in [7, 11) is 0. The third kappa shape index (κ3) is 2.97. The van der Waals surface area contributed by atoms with Crippen LogP contribution in [-0.2, 0) is 9.59 Å². The molecule has 4 heteroatoms. The minimum absolute atomic E-state index is 0.143. The van der Waals surface area contributed by atoms with Crippen LogP contribution in [0.5, 0.6) is 0 Å². The number of carbonyl (C=O) groups is 2. The van der Waals surface area contributed by atoms with Crippen molar-refractivity contribution in [3.63, 3.8) is 0 Å². The molecule has 0 heterocycles. The fraction of sp³-hybridized carbons (Fsp3) is 0.615. The zero-order valence-electron chi connectivity index (χ0n) is 17.9. The van der Waals surface area contributed by atoms with E-state index in [1.165, 1.54) is 10.5 Å². The van der Waals surface area contributed by atoms with E-state index in [0.717, 1.165) is 50.5 Å². The minimum atomic E-state index is -0.240. The standard InChI is InChI=1S/C26H32O3S/c1-25-13-11-22-18(20(25)9-10-24(25)29)7-8-21-19(15-30-17-5-3-2-4-6-17)23(28)12-14-26(21,22)16-27/h2-6,18,20,22,27H,7-16H2,1H3/t18-,20-,22+,25-,26+/m0/s1. The zero-order chi connectivity index (χ0) is 20.9. The van der Waals surface area contributed by atoms with Crippen molar-refractivity contribution in [1.29, 1.82) is 0 Å². The van der Waals surface area contributed by atoms with E-state index in [9.17, 15) is 14.7 Å². The van der Waals surface area contributed by atoms with E-state index in [1.54, 1.807) is 11.8 Å². The third-order valence-corrected chi connectivity index (χ3v) is 10.1. The highest BCUT2D eigenvalue weighted by atomic mass is 32.2. The SMILES string of the molecule is C[C@]12CC[C@@H]3[C@@H](CCC4=C(CSc5ccccc5)C(=O)CC[C@@]43CO)[C@@H]1CCC2=O. The highest BCUT2D eigenvalue weighted by Crippen LogP contribution is 2.65. The van der Waals surface area contributed by atoms with E-state index >= 15 is 0 Å². The molecule has 0 aliphatic heterocycles. The number of carbonyl (C=O) groups excluding carboxylic acids is 2. The second kappa shape index (κ2) is 7.63. The molecule has 1 aromatic carbocycles. The maximum Gasteiger partial charge on any atom is 0.159 e. The van der Waals surface area contributed by atoms with Crippen LogP contribution in [0, 0.1) is 28.6 Å². The van der Waals surface area contributed by atoms with Gasteiger partial charge in [-0.1, -0.05) is 30.7 Å². The lowest BCUT2D eigenvalue weighted by molar-refractivity contribution is -0.134. The molecule has 3 fully saturated rings. The molecule has 0 amide bonds. The number of benzene rings is 1. The summed E-state index contributed by atoms with van der Waals surface area (Å²) < 4.78 is 0. The van der Waals surface area contributed by atoms with Gasteiger partial charge in [0, 0.05) is 39.9 Å². The van der Waals surface area contributed by atoms with Gasteiger partial charge < -0.3 is 5.11 Å². The molecule has 5 rings (SSSR count). The number of Topliss-reactive ketones (excluding diaryl/α,β-unsaturated/α-hetero) is 2. The summed E-state index contributed by atoms with van der Waals surface area (Å²) >= 11 is 1.74. The lowest BCUT2D eigenvalue weighted by atomic mass is 9.46. The Balaban J connectivity index is 1.48. The highest BCUT2D eigenvalue weighted by molar-refractivity contribution is 7.99. The number of hydrogen-bond donors (Lipinski definition) is 1. The lowest BCUT2D eigenvalue weighted by Crippen LogP contribution is -2.53. The lowest BCUT2D eigenvalue weighted by Gasteiger charge is -2.58. The van der Waals surface area contributed by atoms with E-state index in [1.807, 2.05) is 18.2 Å². The van der Waals surface area contributed by atoms with Crippen molar-refractivity contribution < 1.29 is 14.7 Å². The van der Waals surface area contributed by atoms with Gasteiger partial charge in [0.2, 0.25) is 0 Å². The zero-order valence-corrected chi connectivity index (χ0v) is 18.7. The smallest absolute Gasteiger partial charge is 0.159 e. The van der Waals surface area contributed by atoms with E-state index in [2.05, 4.69) is 19.1 Å². The fourth-order valence-electron chi connectivity index (χ4n) is 7.51. The molecular formula is C26H32O3S. The molecule has 4 aliphatic rings. The molecule has 3 saturated carbocycles. The molecule has 0 aromatic heterocycles. The number of ketones is 2. The molecule has 0 radical (unpaired) electrons. The van der Waals surface area contributed by atoms with Crippen LogP contribution in [0.25, 0.3) is 0 Å². The Kier molecular flexibility index (Phi) is 5.22. The van der Waals surface area contributed by atoms with Gasteiger partial charge in [0.25, 0.3) is 0 Å². The first-order valence-electron chi connectivity index (χ1n) is 11.6. The van der Waals surface area contributed by atoms with Gasteiger partial charge in [-0.05, 0) is 68.4 Å². The van der Waals surface area contributed by atoms with Crippen LogP contribution in [-0.4, -0.2) is 29.0 Å². The summed E-state index contributed by atoms with van der Waals surface area (Å²) in [5.74, 6) is 2.85. The van der Waals surface area contributed by atoms with Crippen molar-refractivity contribution in [2.24, 2.45) is 28.6 Å². The molecule has 3 nitrogen and oxygen atoms in total. The number of thioether (sulfide) groups is 1. The van der Waals surface area contributed by atoms with Crippen molar-refractivity contribution in [1.82, 2.24) is 0 Å². The van der Waals surface area contributed by atoms with E-state index < -0.39 is 0 Å². The largest absolute Gasteiger partial charge is 0.395 e. The number of hydrogen-bond acceptors (Lipinski definition) is 4. The van der Waals surface area contributed by atoms with Crippen LogP contribution in [0.15, 0.2) is 46.4 Å². The average Bonchev–Trinajstić information content (AvgIpc) is 3.08. The first-order valence-corrected chi connectivity index (χ1v) is 12.6. The Morgan fingerprint density at radius 2 is 1.80 bits per heavy atom. The first-order chi connectivity index (χ1) is 14.5. The van der Waals surface area contributed by atoms with Gasteiger partial charge in [-0.3, -0.25) is 9.59 Å². The van der Waals surface area contributed by atoms with Crippen LogP contribution in [0.2, 0.25) is 0 Å². The van der Waals surface area contributed by atoms with Gasteiger partial charge in [-0.15, -0.1) is 11.8 Å². The summed E-state index contributed by atoms with van der Waals surface area (Å²) in [6, 6.07) is 10.3. The molecule has 1 N–H and O–H groups in total. The van der Waals surface area contributed by atoms with E-state index in [-0.39, 0.29) is 23.2 Å². The Morgan fingerprint density at radius 1 is 1.00 bits per heavy atom. The number of fused-ring (bicyclic) bond motifs is 5. The molecule has 30 heavy (non-hydrogen) atoms. The molecule has 0 saturated heterocycles. The number of rotatable bonds is 4. The van der Waals surface area contributed by atoms with Crippen LogP contribution in [0.4, 0.5) is 0 Å². The normalized spacial score (nSPS) is 38.3. The molecule has 1 aromatic rings. The molecule has 0 bridgehead atoms. The predicted octanol–water partition coefficient (Wildman–Crippen LogP) is 5.22. The van der Waals surface area contributed by atoms with Gasteiger partial charge in [0.15, 0.2) is 5.78 Å². The van der Waals surface area contributed by atoms with Crippen LogP contribution >= 0.6 is 11.8 Å². The Labute approximate surface area is 183 Å². The maximum absolute atomic E-state index is 13.0. The predicted molar refractivity (Wildman–Crippen MR) is 119 cm³/mol. The maximum atomic E-state index is 13.0. The second-order valence-corrected chi connectivity index (χ2v) is 11.2. The van der Waals surface area contributed by atoms with Gasteiger partial charge in [0.05, 0.1) is 6.61 Å². The Hall–Kier alpha value is -1.39. The minimum Gasteiger partial charge on any atom is -0.395 e. The quantitative estimate of drug-likeness (QED) is 0.673.